The third-order valence-corrected chi connectivity index (χ3v) is 9.89. The van der Waals surface area contributed by atoms with Gasteiger partial charge in [0.05, 0.1) is 17.5 Å². The van der Waals surface area contributed by atoms with Crippen molar-refractivity contribution < 1.29 is 14.4 Å². The number of likely N-dealkylation sites (tertiary alicyclic amines) is 1. The lowest BCUT2D eigenvalue weighted by molar-refractivity contribution is 0.0409. The largest absolute Gasteiger partial charge is 0.490 e. The van der Waals surface area contributed by atoms with Crippen molar-refractivity contribution in [3.63, 3.8) is 0 Å². The van der Waals surface area contributed by atoms with Crippen molar-refractivity contribution in [1.82, 2.24) is 34.7 Å². The van der Waals surface area contributed by atoms with Crippen molar-refractivity contribution in [3.05, 3.63) is 84.6 Å². The summed E-state index contributed by atoms with van der Waals surface area (Å²) in [5.74, 6) is 0.395. The molecule has 0 N–H and O–H groups in total. The molecule has 228 valence electrons. The first-order valence-electron chi connectivity index (χ1n) is 15.7. The van der Waals surface area contributed by atoms with Crippen LogP contribution in [0.15, 0.2) is 79.0 Å². The molecular weight excluding hydrogens is 586 g/mol. The smallest absolute Gasteiger partial charge is 0.365 e. The van der Waals surface area contributed by atoms with Gasteiger partial charge in [0.2, 0.25) is 4.96 Å². The van der Waals surface area contributed by atoms with Crippen LogP contribution in [-0.4, -0.2) is 65.9 Å². The number of rotatable bonds is 7. The molecule has 1 aliphatic carbocycles. The van der Waals surface area contributed by atoms with Gasteiger partial charge in [-0.15, -0.1) is 5.10 Å². The lowest BCUT2D eigenvalue weighted by Crippen LogP contribution is -2.44. The molecule has 1 saturated carbocycles. The molecule has 0 atom stereocenters. The van der Waals surface area contributed by atoms with E-state index in [0.717, 1.165) is 69.4 Å². The standard InChI is InChI=1S/C34H33N7O3S/c42-33(44-41-31-9-5-4-8-29(31)36-38-41)25-12-10-23(11-13-25)30-22-40-34(35-30)45-32(37-40)24-14-16-27(17-15-24)43-28-18-20-39(21-19-28)26-6-2-1-3-7-26/h4-5,8-17,22,26,28H,1-3,6-7,18-21H2. The van der Waals surface area contributed by atoms with Crippen LogP contribution in [0.5, 0.6) is 5.75 Å². The SMILES string of the molecule is O=C(On1nnc2ccccc21)c1ccc(-c2cn3nc(-c4ccc(OC5CCN(C6CCCCC6)CC5)cc4)sc3n2)cc1. The van der Waals surface area contributed by atoms with Crippen LogP contribution in [0, 0.1) is 0 Å². The fourth-order valence-electron chi connectivity index (χ4n) is 6.45. The van der Waals surface area contributed by atoms with E-state index in [1.165, 1.54) is 43.4 Å². The number of fused-ring (bicyclic) bond motifs is 2. The van der Waals surface area contributed by atoms with Crippen LogP contribution in [0.25, 0.3) is 37.8 Å². The molecule has 1 saturated heterocycles. The number of hydrogen-bond donors (Lipinski definition) is 0. The quantitative estimate of drug-likeness (QED) is 0.192. The van der Waals surface area contributed by atoms with E-state index in [9.17, 15) is 4.79 Å². The van der Waals surface area contributed by atoms with Gasteiger partial charge in [0.1, 0.15) is 27.9 Å². The maximum atomic E-state index is 12.7. The fourth-order valence-corrected chi connectivity index (χ4v) is 7.34. The summed E-state index contributed by atoms with van der Waals surface area (Å²) in [6, 6.07) is 23.5. The fraction of sp³-hybridized carbons (Fsp3) is 0.324. The number of imidazole rings is 1. The zero-order valence-corrected chi connectivity index (χ0v) is 25.6. The van der Waals surface area contributed by atoms with Gasteiger partial charge in [-0.05, 0) is 79.4 Å². The minimum absolute atomic E-state index is 0.283. The first-order valence-corrected chi connectivity index (χ1v) is 16.5. The van der Waals surface area contributed by atoms with Gasteiger partial charge in [-0.1, -0.05) is 59.7 Å². The summed E-state index contributed by atoms with van der Waals surface area (Å²) in [6.07, 6.45) is 11.3. The molecule has 45 heavy (non-hydrogen) atoms. The highest BCUT2D eigenvalue weighted by atomic mass is 32.1. The molecule has 0 unspecified atom stereocenters. The molecule has 6 aromatic rings. The van der Waals surface area contributed by atoms with E-state index in [-0.39, 0.29) is 6.10 Å². The van der Waals surface area contributed by atoms with E-state index >= 15 is 0 Å². The lowest BCUT2D eigenvalue weighted by Gasteiger charge is -2.39. The number of ether oxygens (including phenoxy) is 1. The van der Waals surface area contributed by atoms with Crippen LogP contribution in [-0.2, 0) is 0 Å². The van der Waals surface area contributed by atoms with Crippen molar-refractivity contribution in [1.29, 1.82) is 0 Å². The average molecular weight is 620 g/mol. The Labute approximate surface area is 264 Å². The summed E-state index contributed by atoms with van der Waals surface area (Å²) in [7, 11) is 0. The molecule has 1 aliphatic heterocycles. The average Bonchev–Trinajstić information content (AvgIpc) is 3.80. The molecule has 2 aliphatic rings. The monoisotopic (exact) mass is 619 g/mol. The Morgan fingerprint density at radius 2 is 1.60 bits per heavy atom. The molecule has 3 aromatic carbocycles. The van der Waals surface area contributed by atoms with Gasteiger partial charge in [0.25, 0.3) is 0 Å². The molecule has 3 aromatic heterocycles. The second-order valence-corrected chi connectivity index (χ2v) is 12.8. The maximum Gasteiger partial charge on any atom is 0.365 e. The number of carbonyl (C=O) groups is 1. The van der Waals surface area contributed by atoms with Crippen molar-refractivity contribution in [3.8, 4) is 27.6 Å². The zero-order valence-electron chi connectivity index (χ0n) is 24.8. The van der Waals surface area contributed by atoms with Gasteiger partial charge < -0.3 is 14.5 Å². The molecule has 0 bridgehead atoms. The van der Waals surface area contributed by atoms with E-state index in [1.807, 2.05) is 36.5 Å². The summed E-state index contributed by atoms with van der Waals surface area (Å²) in [5, 5.41) is 13.6. The maximum absolute atomic E-state index is 12.7. The summed E-state index contributed by atoms with van der Waals surface area (Å²) < 4.78 is 8.16. The first kappa shape index (κ1) is 27.9. The molecule has 0 radical (unpaired) electrons. The van der Waals surface area contributed by atoms with Gasteiger partial charge in [0.15, 0.2) is 0 Å². The number of aromatic nitrogens is 6. The summed E-state index contributed by atoms with van der Waals surface area (Å²) in [6.45, 7) is 2.29. The summed E-state index contributed by atoms with van der Waals surface area (Å²) in [4.78, 5) is 27.6. The predicted octanol–water partition coefficient (Wildman–Crippen LogP) is 6.31. The Morgan fingerprint density at radius 1 is 0.844 bits per heavy atom. The molecule has 11 heteroatoms. The Morgan fingerprint density at radius 3 is 2.38 bits per heavy atom. The second-order valence-electron chi connectivity index (χ2n) is 11.8. The summed E-state index contributed by atoms with van der Waals surface area (Å²) in [5.41, 5.74) is 4.37. The predicted molar refractivity (Wildman–Crippen MR) is 172 cm³/mol. The van der Waals surface area contributed by atoms with Gasteiger partial charge in [-0.2, -0.15) is 5.10 Å². The van der Waals surface area contributed by atoms with Gasteiger partial charge in [0, 0.05) is 30.3 Å². The van der Waals surface area contributed by atoms with E-state index in [0.29, 0.717) is 16.6 Å². The van der Waals surface area contributed by atoms with Gasteiger partial charge in [-0.25, -0.2) is 14.3 Å². The minimum atomic E-state index is -0.522. The Kier molecular flexibility index (Phi) is 7.48. The minimum Gasteiger partial charge on any atom is -0.490 e. The van der Waals surface area contributed by atoms with Crippen molar-refractivity contribution in [2.75, 3.05) is 13.1 Å². The molecule has 2 fully saturated rings. The normalized spacial score (nSPS) is 16.8. The number of hydrogen-bond acceptors (Lipinski definition) is 9. The number of benzene rings is 3. The second kappa shape index (κ2) is 12.1. The third kappa shape index (κ3) is 5.81. The molecule has 8 rings (SSSR count). The third-order valence-electron chi connectivity index (χ3n) is 8.92. The van der Waals surface area contributed by atoms with Gasteiger partial charge >= 0.3 is 5.97 Å². The van der Waals surface area contributed by atoms with Crippen LogP contribution in [0.3, 0.4) is 0 Å². The first-order chi connectivity index (χ1) is 22.2. The number of nitrogens with zero attached hydrogens (tertiary/aromatic N) is 7. The Bertz CT molecular complexity index is 1900. The van der Waals surface area contributed by atoms with Crippen LogP contribution in [0.4, 0.5) is 0 Å². The highest BCUT2D eigenvalue weighted by Crippen LogP contribution is 2.31. The lowest BCUT2D eigenvalue weighted by atomic mass is 9.92. The number of piperidine rings is 1. The van der Waals surface area contributed by atoms with E-state index in [1.54, 1.807) is 22.7 Å². The molecular formula is C34H33N7O3S. The summed E-state index contributed by atoms with van der Waals surface area (Å²) >= 11 is 1.54. The Balaban J connectivity index is 0.885. The van der Waals surface area contributed by atoms with E-state index in [4.69, 9.17) is 19.7 Å². The number of carbonyl (C=O) groups excluding carboxylic acids is 1. The zero-order chi connectivity index (χ0) is 30.2. The van der Waals surface area contributed by atoms with E-state index < -0.39 is 5.97 Å². The molecule has 10 nitrogen and oxygen atoms in total. The number of para-hydroxylation sites is 1. The van der Waals surface area contributed by atoms with Crippen molar-refractivity contribution in [2.45, 2.75) is 57.1 Å². The van der Waals surface area contributed by atoms with Crippen molar-refractivity contribution in [2.24, 2.45) is 0 Å². The van der Waals surface area contributed by atoms with Crippen LogP contribution >= 0.6 is 11.3 Å². The van der Waals surface area contributed by atoms with E-state index in [2.05, 4.69) is 39.5 Å². The van der Waals surface area contributed by atoms with Crippen LogP contribution in [0.1, 0.15) is 55.3 Å². The highest BCUT2D eigenvalue weighted by molar-refractivity contribution is 7.19. The Hall–Kier alpha value is -4.61. The van der Waals surface area contributed by atoms with Crippen LogP contribution in [0.2, 0.25) is 0 Å². The topological polar surface area (TPSA) is 99.7 Å². The highest BCUT2D eigenvalue weighted by Gasteiger charge is 2.27. The van der Waals surface area contributed by atoms with Gasteiger partial charge in [-0.3, -0.25) is 0 Å². The van der Waals surface area contributed by atoms with Crippen molar-refractivity contribution >= 4 is 33.3 Å². The molecule has 0 spiro atoms. The van der Waals surface area contributed by atoms with Crippen LogP contribution < -0.4 is 9.57 Å². The molecule has 4 heterocycles. The molecule has 0 amide bonds.